The molecule has 1 atom stereocenters. The fourth-order valence-corrected chi connectivity index (χ4v) is 4.01. The third kappa shape index (κ3) is 4.86. The van der Waals surface area contributed by atoms with Crippen molar-refractivity contribution in [3.63, 3.8) is 0 Å². The van der Waals surface area contributed by atoms with Crippen LogP contribution >= 0.6 is 15.9 Å². The molecular weight excluding hydrogens is 466 g/mol. The fraction of sp³-hybridized carbons (Fsp3) is 0.115. The van der Waals surface area contributed by atoms with Gasteiger partial charge >= 0.3 is 0 Å². The van der Waals surface area contributed by atoms with Crippen LogP contribution in [0.15, 0.2) is 89.5 Å². The monoisotopic (exact) mass is 487 g/mol. The quantitative estimate of drug-likeness (QED) is 0.368. The van der Waals surface area contributed by atoms with Gasteiger partial charge < -0.3 is 10.6 Å². The number of hydrogen-bond acceptors (Lipinski definition) is 3. The number of amides is 2. The lowest BCUT2D eigenvalue weighted by molar-refractivity contribution is -0.122. The minimum atomic E-state index is -0.346. The smallest absolute Gasteiger partial charge is 0.274 e. The number of nitrogens with one attached hydrogen (secondary N) is 2. The fourth-order valence-electron chi connectivity index (χ4n) is 3.52. The Balaban J connectivity index is 1.42. The van der Waals surface area contributed by atoms with Crippen LogP contribution in [0.4, 0.5) is 5.69 Å². The van der Waals surface area contributed by atoms with Crippen molar-refractivity contribution in [2.24, 2.45) is 0 Å². The number of carbonyl (C=O) groups is 2. The molecule has 4 aromatic rings. The highest BCUT2D eigenvalue weighted by Crippen LogP contribution is 2.28. The molecule has 1 unspecified atom stereocenters. The zero-order valence-corrected chi connectivity index (χ0v) is 19.1. The Morgan fingerprint density at radius 1 is 0.969 bits per heavy atom. The molecule has 0 saturated heterocycles. The third-order valence-electron chi connectivity index (χ3n) is 5.37. The Morgan fingerprint density at radius 3 is 2.53 bits per heavy atom. The molecule has 0 spiro atoms. The van der Waals surface area contributed by atoms with Crippen LogP contribution in [0, 0.1) is 0 Å². The number of aromatic nitrogens is 1. The summed E-state index contributed by atoms with van der Waals surface area (Å²) in [4.78, 5) is 29.2. The summed E-state index contributed by atoms with van der Waals surface area (Å²) in [6, 6.07) is 24.9. The van der Waals surface area contributed by atoms with Gasteiger partial charge in [-0.05, 0) is 69.0 Å². The topological polar surface area (TPSA) is 71.1 Å². The van der Waals surface area contributed by atoms with E-state index in [1.807, 2.05) is 43.3 Å². The highest BCUT2D eigenvalue weighted by Gasteiger charge is 2.17. The molecule has 4 rings (SSSR count). The molecule has 6 heteroatoms. The van der Waals surface area contributed by atoms with E-state index in [2.05, 4.69) is 49.7 Å². The number of fused-ring (bicyclic) bond motifs is 1. The molecule has 1 heterocycles. The summed E-state index contributed by atoms with van der Waals surface area (Å²) < 4.78 is 0.702. The number of anilines is 1. The second-order valence-electron chi connectivity index (χ2n) is 7.49. The van der Waals surface area contributed by atoms with E-state index >= 15 is 0 Å². The lowest BCUT2D eigenvalue weighted by atomic mass is 9.99. The van der Waals surface area contributed by atoms with Crippen LogP contribution in [0.3, 0.4) is 0 Å². The number of benzene rings is 3. The zero-order chi connectivity index (χ0) is 22.5. The summed E-state index contributed by atoms with van der Waals surface area (Å²) in [6.07, 6.45) is 1.57. The molecular formula is C26H22BrN3O2. The van der Waals surface area contributed by atoms with Crippen molar-refractivity contribution in [2.45, 2.75) is 19.4 Å². The second kappa shape index (κ2) is 9.75. The van der Waals surface area contributed by atoms with Crippen LogP contribution in [0.1, 0.15) is 34.5 Å². The lowest BCUT2D eigenvalue weighted by Crippen LogP contribution is -2.27. The maximum atomic E-state index is 12.8. The Hall–Kier alpha value is -3.51. The highest BCUT2D eigenvalue weighted by atomic mass is 79.9. The van der Waals surface area contributed by atoms with E-state index in [0.717, 1.165) is 21.9 Å². The van der Waals surface area contributed by atoms with Crippen molar-refractivity contribution in [3.8, 4) is 0 Å². The van der Waals surface area contributed by atoms with Crippen LogP contribution in [0.25, 0.3) is 10.8 Å². The molecule has 32 heavy (non-hydrogen) atoms. The summed E-state index contributed by atoms with van der Waals surface area (Å²) in [7, 11) is 0. The molecule has 1 aromatic heterocycles. The minimum absolute atomic E-state index is 0.0601. The first-order chi connectivity index (χ1) is 15.5. The van der Waals surface area contributed by atoms with Crippen LogP contribution in [0.2, 0.25) is 0 Å². The van der Waals surface area contributed by atoms with E-state index in [-0.39, 0.29) is 17.7 Å². The lowest BCUT2D eigenvalue weighted by Gasteiger charge is -2.15. The average Bonchev–Trinajstić information content (AvgIpc) is 2.83. The maximum Gasteiger partial charge on any atom is 0.274 e. The van der Waals surface area contributed by atoms with Crippen LogP contribution < -0.4 is 10.6 Å². The van der Waals surface area contributed by atoms with Crippen molar-refractivity contribution in [1.29, 1.82) is 0 Å². The SMILES string of the molecule is CC(C(=O)NCc1cccc2ccccc12)c1ccc(NC(=O)c2ccccn2)c(Br)c1. The molecule has 2 amide bonds. The average molecular weight is 488 g/mol. The molecule has 3 aromatic carbocycles. The second-order valence-corrected chi connectivity index (χ2v) is 8.34. The predicted octanol–water partition coefficient (Wildman–Crippen LogP) is 5.67. The van der Waals surface area contributed by atoms with Crippen molar-refractivity contribution in [2.75, 3.05) is 5.32 Å². The van der Waals surface area contributed by atoms with Crippen molar-refractivity contribution in [1.82, 2.24) is 10.3 Å². The van der Waals surface area contributed by atoms with E-state index in [1.54, 1.807) is 30.5 Å². The van der Waals surface area contributed by atoms with Crippen molar-refractivity contribution in [3.05, 3.63) is 106 Å². The van der Waals surface area contributed by atoms with Gasteiger partial charge in [0.05, 0.1) is 11.6 Å². The van der Waals surface area contributed by atoms with Gasteiger partial charge in [0.2, 0.25) is 5.91 Å². The number of hydrogen-bond donors (Lipinski definition) is 2. The predicted molar refractivity (Wildman–Crippen MR) is 131 cm³/mol. The maximum absolute atomic E-state index is 12.8. The van der Waals surface area contributed by atoms with Crippen molar-refractivity contribution < 1.29 is 9.59 Å². The number of rotatable bonds is 6. The molecule has 0 aliphatic rings. The van der Waals surface area contributed by atoms with Gasteiger partial charge in [0, 0.05) is 17.2 Å². The molecule has 0 aliphatic heterocycles. The molecule has 2 N–H and O–H groups in total. The van der Waals surface area contributed by atoms with Crippen molar-refractivity contribution >= 4 is 44.2 Å². The van der Waals surface area contributed by atoms with Gasteiger partial charge in [0.25, 0.3) is 5.91 Å². The molecule has 0 radical (unpaired) electrons. The van der Waals surface area contributed by atoms with Crippen LogP contribution in [-0.2, 0) is 11.3 Å². The van der Waals surface area contributed by atoms with Crippen LogP contribution in [0.5, 0.6) is 0 Å². The molecule has 0 fully saturated rings. The Bertz CT molecular complexity index is 1270. The van der Waals surface area contributed by atoms with Gasteiger partial charge in [0.1, 0.15) is 5.69 Å². The minimum Gasteiger partial charge on any atom is -0.351 e. The number of nitrogens with zero attached hydrogens (tertiary/aromatic N) is 1. The van der Waals surface area contributed by atoms with Gasteiger partial charge in [-0.2, -0.15) is 0 Å². The van der Waals surface area contributed by atoms with Gasteiger partial charge in [0.15, 0.2) is 0 Å². The summed E-state index contributed by atoms with van der Waals surface area (Å²) in [5.41, 5.74) is 2.89. The molecule has 0 saturated carbocycles. The normalized spacial score (nSPS) is 11.7. The summed E-state index contributed by atoms with van der Waals surface area (Å²) >= 11 is 3.50. The largest absolute Gasteiger partial charge is 0.351 e. The van der Waals surface area contributed by atoms with E-state index in [4.69, 9.17) is 0 Å². The van der Waals surface area contributed by atoms with Gasteiger partial charge in [-0.25, -0.2) is 0 Å². The van der Waals surface area contributed by atoms with Crippen LogP contribution in [-0.4, -0.2) is 16.8 Å². The molecule has 160 valence electrons. The standard InChI is InChI=1S/C26H22BrN3O2/c1-17(25(31)29-16-20-9-6-8-18-7-2-3-10-21(18)20)19-12-13-23(22(27)15-19)30-26(32)24-11-4-5-14-28-24/h2-15,17H,16H2,1H3,(H,29,31)(H,30,32). The first-order valence-electron chi connectivity index (χ1n) is 10.3. The van der Waals surface area contributed by atoms with E-state index in [1.165, 1.54) is 0 Å². The zero-order valence-electron chi connectivity index (χ0n) is 17.5. The first-order valence-corrected chi connectivity index (χ1v) is 11.1. The highest BCUT2D eigenvalue weighted by molar-refractivity contribution is 9.10. The summed E-state index contributed by atoms with van der Waals surface area (Å²) in [5, 5.41) is 8.17. The number of pyridine rings is 1. The molecule has 5 nitrogen and oxygen atoms in total. The Kier molecular flexibility index (Phi) is 6.61. The third-order valence-corrected chi connectivity index (χ3v) is 6.02. The first kappa shape index (κ1) is 21.7. The van der Waals surface area contributed by atoms with Gasteiger partial charge in [-0.3, -0.25) is 14.6 Å². The van der Waals surface area contributed by atoms with E-state index < -0.39 is 0 Å². The molecule has 0 bridgehead atoms. The summed E-state index contributed by atoms with van der Waals surface area (Å²) in [6.45, 7) is 2.33. The van der Waals surface area contributed by atoms with E-state index in [9.17, 15) is 9.59 Å². The number of halogens is 1. The Labute approximate surface area is 195 Å². The van der Waals surface area contributed by atoms with E-state index in [0.29, 0.717) is 22.4 Å². The Morgan fingerprint density at radius 2 is 1.75 bits per heavy atom. The number of carbonyl (C=O) groups excluding carboxylic acids is 2. The van der Waals surface area contributed by atoms with Gasteiger partial charge in [-0.1, -0.05) is 54.6 Å². The molecule has 0 aliphatic carbocycles. The van der Waals surface area contributed by atoms with Gasteiger partial charge in [-0.15, -0.1) is 0 Å². The summed E-state index contributed by atoms with van der Waals surface area (Å²) in [5.74, 6) is -0.697.